The number of morpholine rings is 1. The Morgan fingerprint density at radius 3 is 2.39 bits per heavy atom. The number of hydrogen-bond acceptors (Lipinski definition) is 6. The number of rotatable bonds is 4. The summed E-state index contributed by atoms with van der Waals surface area (Å²) in [5.41, 5.74) is 3.56. The first kappa shape index (κ1) is 18.7. The van der Waals surface area contributed by atoms with Gasteiger partial charge in [-0.25, -0.2) is 0 Å². The van der Waals surface area contributed by atoms with Crippen molar-refractivity contribution < 1.29 is 9.53 Å². The first-order chi connectivity index (χ1) is 13.7. The molecule has 0 unspecified atom stereocenters. The summed E-state index contributed by atoms with van der Waals surface area (Å²) in [6.45, 7) is 6.71. The molecule has 2 aliphatic rings. The molecule has 1 aromatic heterocycles. The molecule has 7 heteroatoms. The summed E-state index contributed by atoms with van der Waals surface area (Å²) < 4.78 is 5.31. The number of carbonyl (C=O) groups is 1. The van der Waals surface area contributed by atoms with Crippen LogP contribution in [0.4, 0.5) is 17.1 Å². The molecule has 0 aliphatic carbocycles. The number of nitrogens with one attached hydrogen (secondary N) is 1. The smallest absolute Gasteiger partial charge is 0.272 e. The van der Waals surface area contributed by atoms with Crippen molar-refractivity contribution >= 4 is 23.0 Å². The number of likely N-dealkylation sites (N-methyl/N-ethyl adjacent to an activating group) is 1. The number of pyridine rings is 1. The number of amides is 1. The Bertz CT molecular complexity index is 797. The highest BCUT2D eigenvalue weighted by atomic mass is 16.5. The molecule has 7 nitrogen and oxygen atoms in total. The van der Waals surface area contributed by atoms with Gasteiger partial charge in [-0.2, -0.15) is 0 Å². The van der Waals surface area contributed by atoms with Gasteiger partial charge in [-0.3, -0.25) is 9.78 Å². The van der Waals surface area contributed by atoms with Gasteiger partial charge in [0.15, 0.2) is 0 Å². The molecule has 3 heterocycles. The molecular weight excluding hydrogens is 354 g/mol. The van der Waals surface area contributed by atoms with Gasteiger partial charge in [0.2, 0.25) is 0 Å². The van der Waals surface area contributed by atoms with Crippen LogP contribution >= 0.6 is 0 Å². The number of ether oxygens (including phenoxy) is 1. The van der Waals surface area contributed by atoms with Crippen LogP contribution in [0.2, 0.25) is 0 Å². The zero-order chi connectivity index (χ0) is 19.3. The fourth-order valence-electron chi connectivity index (χ4n) is 3.54. The largest absolute Gasteiger partial charge is 0.378 e. The maximum Gasteiger partial charge on any atom is 0.272 e. The quantitative estimate of drug-likeness (QED) is 0.875. The normalized spacial score (nSPS) is 18.2. The van der Waals surface area contributed by atoms with Gasteiger partial charge in [-0.1, -0.05) is 0 Å². The summed E-state index contributed by atoms with van der Waals surface area (Å²) in [6.07, 6.45) is 1.68. The molecule has 2 fully saturated rings. The van der Waals surface area contributed by atoms with E-state index in [2.05, 4.69) is 51.4 Å². The lowest BCUT2D eigenvalue weighted by atomic mass is 10.2. The van der Waals surface area contributed by atoms with E-state index in [0.29, 0.717) is 32.0 Å². The number of benzene rings is 1. The van der Waals surface area contributed by atoms with E-state index in [-0.39, 0.29) is 5.91 Å². The van der Waals surface area contributed by atoms with Gasteiger partial charge in [0.05, 0.1) is 13.2 Å². The Morgan fingerprint density at radius 1 is 0.964 bits per heavy atom. The zero-order valence-corrected chi connectivity index (χ0v) is 16.3. The number of hydrogen-bond donors (Lipinski definition) is 1. The van der Waals surface area contributed by atoms with Crippen molar-refractivity contribution in [3.05, 3.63) is 48.3 Å². The van der Waals surface area contributed by atoms with Crippen LogP contribution < -0.4 is 10.2 Å². The Hall–Kier alpha value is -2.64. The fourth-order valence-corrected chi connectivity index (χ4v) is 3.54. The Labute approximate surface area is 165 Å². The van der Waals surface area contributed by atoms with Crippen molar-refractivity contribution in [1.29, 1.82) is 0 Å². The molecule has 4 rings (SSSR count). The highest BCUT2D eigenvalue weighted by molar-refractivity contribution is 5.93. The van der Waals surface area contributed by atoms with Crippen molar-refractivity contribution in [2.45, 2.75) is 0 Å². The van der Waals surface area contributed by atoms with Crippen molar-refractivity contribution in [3.8, 4) is 0 Å². The molecule has 0 radical (unpaired) electrons. The van der Waals surface area contributed by atoms with Crippen molar-refractivity contribution in [2.24, 2.45) is 0 Å². The molecule has 2 aliphatic heterocycles. The second kappa shape index (κ2) is 8.58. The van der Waals surface area contributed by atoms with Crippen LogP contribution in [-0.2, 0) is 4.74 Å². The van der Waals surface area contributed by atoms with E-state index in [1.54, 1.807) is 11.1 Å². The number of anilines is 3. The van der Waals surface area contributed by atoms with Gasteiger partial charge in [0, 0.05) is 62.5 Å². The second-order valence-electron chi connectivity index (χ2n) is 7.30. The molecule has 0 spiro atoms. The SMILES string of the molecule is CN1CCN(c2ccc(Nc3ccnc(C(=O)N4CCOCC4)c3)cc2)CC1. The van der Waals surface area contributed by atoms with Crippen molar-refractivity contribution in [2.75, 3.05) is 69.7 Å². The summed E-state index contributed by atoms with van der Waals surface area (Å²) in [6, 6.07) is 12.1. The summed E-state index contributed by atoms with van der Waals surface area (Å²) in [5, 5.41) is 3.38. The lowest BCUT2D eigenvalue weighted by Crippen LogP contribution is -2.44. The summed E-state index contributed by atoms with van der Waals surface area (Å²) >= 11 is 0. The van der Waals surface area contributed by atoms with Crippen LogP contribution in [-0.4, -0.2) is 80.2 Å². The molecule has 2 saturated heterocycles. The van der Waals surface area contributed by atoms with Crippen molar-refractivity contribution in [3.63, 3.8) is 0 Å². The van der Waals surface area contributed by atoms with E-state index >= 15 is 0 Å². The minimum Gasteiger partial charge on any atom is -0.378 e. The van der Waals surface area contributed by atoms with E-state index in [9.17, 15) is 4.79 Å². The third kappa shape index (κ3) is 4.43. The predicted molar refractivity (Wildman–Crippen MR) is 110 cm³/mol. The standard InChI is InChI=1S/C21H27N5O2/c1-24-8-10-25(11-9-24)19-4-2-17(3-5-19)23-18-6-7-22-20(16-18)21(27)26-12-14-28-15-13-26/h2-7,16H,8-15H2,1H3,(H,22,23). The maximum absolute atomic E-state index is 12.6. The number of carbonyl (C=O) groups excluding carboxylic acids is 1. The lowest BCUT2D eigenvalue weighted by Gasteiger charge is -2.34. The third-order valence-electron chi connectivity index (χ3n) is 5.30. The Morgan fingerprint density at radius 2 is 1.68 bits per heavy atom. The average molecular weight is 381 g/mol. The molecule has 1 N–H and O–H groups in total. The van der Waals surface area contributed by atoms with Gasteiger partial charge >= 0.3 is 0 Å². The van der Waals surface area contributed by atoms with Crippen LogP contribution in [0.5, 0.6) is 0 Å². The molecule has 0 bridgehead atoms. The molecule has 1 aromatic carbocycles. The van der Waals surface area contributed by atoms with Gasteiger partial charge < -0.3 is 24.8 Å². The topological polar surface area (TPSA) is 60.9 Å². The molecule has 0 saturated carbocycles. The minimum atomic E-state index is -0.0441. The first-order valence-corrected chi connectivity index (χ1v) is 9.83. The molecule has 0 atom stereocenters. The van der Waals surface area contributed by atoms with E-state index in [1.165, 1.54) is 5.69 Å². The second-order valence-corrected chi connectivity index (χ2v) is 7.30. The van der Waals surface area contributed by atoms with Crippen LogP contribution in [0.3, 0.4) is 0 Å². The van der Waals surface area contributed by atoms with Gasteiger partial charge in [0.25, 0.3) is 5.91 Å². The molecule has 148 valence electrons. The monoisotopic (exact) mass is 381 g/mol. The first-order valence-electron chi connectivity index (χ1n) is 9.83. The Balaban J connectivity index is 1.40. The predicted octanol–water partition coefficient (Wildman–Crippen LogP) is 2.05. The van der Waals surface area contributed by atoms with E-state index in [4.69, 9.17) is 4.74 Å². The van der Waals surface area contributed by atoms with Crippen LogP contribution in [0.15, 0.2) is 42.6 Å². The summed E-state index contributed by atoms with van der Waals surface area (Å²) in [7, 11) is 2.16. The minimum absolute atomic E-state index is 0.0441. The molecule has 1 amide bonds. The van der Waals surface area contributed by atoms with Crippen molar-refractivity contribution in [1.82, 2.24) is 14.8 Å². The van der Waals surface area contributed by atoms with Gasteiger partial charge in [-0.05, 0) is 43.4 Å². The fraction of sp³-hybridized carbons (Fsp3) is 0.429. The highest BCUT2D eigenvalue weighted by Crippen LogP contribution is 2.22. The molecular formula is C21H27N5O2. The summed E-state index contributed by atoms with van der Waals surface area (Å²) in [5.74, 6) is -0.0441. The van der Waals surface area contributed by atoms with E-state index in [1.807, 2.05) is 12.1 Å². The highest BCUT2D eigenvalue weighted by Gasteiger charge is 2.20. The van der Waals surface area contributed by atoms with Gasteiger partial charge in [0.1, 0.15) is 5.69 Å². The molecule has 28 heavy (non-hydrogen) atoms. The van der Waals surface area contributed by atoms with Crippen LogP contribution in [0.25, 0.3) is 0 Å². The lowest BCUT2D eigenvalue weighted by molar-refractivity contribution is 0.0299. The third-order valence-corrected chi connectivity index (χ3v) is 5.30. The summed E-state index contributed by atoms with van der Waals surface area (Å²) in [4.78, 5) is 23.4. The Kier molecular flexibility index (Phi) is 5.73. The number of aromatic nitrogens is 1. The maximum atomic E-state index is 12.6. The van der Waals surface area contributed by atoms with Gasteiger partial charge in [-0.15, -0.1) is 0 Å². The number of piperazine rings is 1. The van der Waals surface area contributed by atoms with Crippen LogP contribution in [0, 0.1) is 0 Å². The number of nitrogens with zero attached hydrogens (tertiary/aromatic N) is 4. The average Bonchev–Trinajstić information content (AvgIpc) is 2.75. The zero-order valence-electron chi connectivity index (χ0n) is 16.3. The molecule has 2 aromatic rings. The van der Waals surface area contributed by atoms with E-state index < -0.39 is 0 Å². The van der Waals surface area contributed by atoms with Crippen LogP contribution in [0.1, 0.15) is 10.5 Å². The van der Waals surface area contributed by atoms with E-state index in [0.717, 1.165) is 37.6 Å².